The molecule has 0 aromatic rings. The maximum Gasteiger partial charge on any atom is 0.187 e. The van der Waals surface area contributed by atoms with Gasteiger partial charge in [0.15, 0.2) is 6.29 Å². The Morgan fingerprint density at radius 3 is 2.06 bits per heavy atom. The fourth-order valence-electron chi connectivity index (χ4n) is 11.9. The topological polar surface area (TPSA) is 190 Å². The summed E-state index contributed by atoms with van der Waals surface area (Å²) in [6.45, 7) is 15.8. The van der Waals surface area contributed by atoms with Crippen LogP contribution in [0.25, 0.3) is 0 Å². The van der Waals surface area contributed by atoms with Crippen LogP contribution < -0.4 is 0 Å². The van der Waals surface area contributed by atoms with Crippen molar-refractivity contribution >= 4 is 0 Å². The molecule has 1 aliphatic heterocycles. The molecule has 11 nitrogen and oxygen atoms in total. The summed E-state index contributed by atoms with van der Waals surface area (Å²) in [5.74, 6) is 0.422. The quantitative estimate of drug-likeness (QED) is 0.0821. The van der Waals surface area contributed by atoms with Gasteiger partial charge in [-0.3, -0.25) is 5.26 Å². The fourth-order valence-corrected chi connectivity index (χ4v) is 11.9. The van der Waals surface area contributed by atoms with E-state index < -0.39 is 77.7 Å². The average Bonchev–Trinajstić information content (AvgIpc) is 3.37. The van der Waals surface area contributed by atoms with Crippen LogP contribution in [0.5, 0.6) is 0 Å². The molecule has 5 fully saturated rings. The summed E-state index contributed by atoms with van der Waals surface area (Å²) in [5, 5.41) is 86.0. The molecule has 8 N–H and O–H groups in total. The van der Waals surface area contributed by atoms with Gasteiger partial charge < -0.3 is 45.2 Å². The van der Waals surface area contributed by atoms with E-state index in [4.69, 9.17) is 9.47 Å². The van der Waals surface area contributed by atoms with Crippen molar-refractivity contribution in [2.24, 2.45) is 45.3 Å². The van der Waals surface area contributed by atoms with Crippen LogP contribution in [0.1, 0.15) is 100 Å². The second-order valence-corrected chi connectivity index (χ2v) is 17.8. The zero-order valence-corrected chi connectivity index (χ0v) is 29.5. The van der Waals surface area contributed by atoms with Crippen LogP contribution in [0.3, 0.4) is 0 Å². The molecular formula is C36H62O11. The number of fused-ring (bicyclic) bond motifs is 5. The summed E-state index contributed by atoms with van der Waals surface area (Å²) in [6.07, 6.45) is -1.24. The molecule has 1 heterocycles. The van der Waals surface area contributed by atoms with Gasteiger partial charge in [-0.15, -0.1) is 0 Å². The van der Waals surface area contributed by atoms with Crippen LogP contribution >= 0.6 is 0 Å². The smallest absolute Gasteiger partial charge is 0.187 e. The molecule has 0 aromatic carbocycles. The molecule has 0 spiro atoms. The predicted octanol–water partition coefficient (Wildman–Crippen LogP) is 2.76. The molecule has 16 unspecified atom stereocenters. The van der Waals surface area contributed by atoms with Crippen molar-refractivity contribution in [2.75, 3.05) is 6.61 Å². The third kappa shape index (κ3) is 5.68. The van der Waals surface area contributed by atoms with Crippen LogP contribution in [0, 0.1) is 45.3 Å². The highest BCUT2D eigenvalue weighted by Gasteiger charge is 2.73. The SMILES string of the molecule is CC(C)(C=CCC(C)(O)C1CCC2(C)C1CCC1C3(C)C(O)C(O)C(OC4OC(CO)C(O)C(O)C4O)C(C)(C)C3CCC12C)OO. The highest BCUT2D eigenvalue weighted by atomic mass is 17.1. The molecule has 47 heavy (non-hydrogen) atoms. The summed E-state index contributed by atoms with van der Waals surface area (Å²) in [6, 6.07) is 0. The molecule has 4 saturated carbocycles. The highest BCUT2D eigenvalue weighted by molar-refractivity contribution is 5.21. The Labute approximate surface area is 279 Å². The van der Waals surface area contributed by atoms with Crippen molar-refractivity contribution in [1.82, 2.24) is 0 Å². The molecule has 0 amide bonds. The third-order valence-corrected chi connectivity index (χ3v) is 14.7. The normalized spacial score (nSPS) is 51.2. The van der Waals surface area contributed by atoms with Crippen LogP contribution in [0.2, 0.25) is 0 Å². The molecule has 272 valence electrons. The second kappa shape index (κ2) is 12.5. The van der Waals surface area contributed by atoms with Gasteiger partial charge in [-0.2, -0.15) is 0 Å². The number of hydrogen-bond donors (Lipinski definition) is 8. The molecule has 1 saturated heterocycles. The minimum absolute atomic E-state index is 0.0518. The van der Waals surface area contributed by atoms with E-state index in [-0.39, 0.29) is 34.5 Å². The van der Waals surface area contributed by atoms with Crippen LogP contribution in [-0.2, 0) is 14.4 Å². The van der Waals surface area contributed by atoms with E-state index in [1.54, 1.807) is 19.9 Å². The largest absolute Gasteiger partial charge is 0.394 e. The number of ether oxygens (including phenoxy) is 2. The summed E-state index contributed by atoms with van der Waals surface area (Å²) in [5.41, 5.74) is -3.35. The van der Waals surface area contributed by atoms with Crippen LogP contribution in [0.4, 0.5) is 0 Å². The summed E-state index contributed by atoms with van der Waals surface area (Å²) in [4.78, 5) is 4.54. The second-order valence-electron chi connectivity index (χ2n) is 17.8. The third-order valence-electron chi connectivity index (χ3n) is 14.7. The first kappa shape index (κ1) is 37.6. The number of aliphatic hydroxyl groups excluding tert-OH is 6. The number of aliphatic hydroxyl groups is 7. The Hall–Kier alpha value is -0.700. The maximum atomic E-state index is 12.1. The number of rotatable bonds is 8. The van der Waals surface area contributed by atoms with Gasteiger partial charge in [-0.1, -0.05) is 46.8 Å². The molecule has 5 aliphatic rings. The Morgan fingerprint density at radius 2 is 1.45 bits per heavy atom. The molecule has 0 radical (unpaired) electrons. The lowest BCUT2D eigenvalue weighted by molar-refractivity contribution is -0.355. The van der Waals surface area contributed by atoms with Gasteiger partial charge in [0.25, 0.3) is 0 Å². The van der Waals surface area contributed by atoms with Gasteiger partial charge in [0.2, 0.25) is 0 Å². The van der Waals surface area contributed by atoms with E-state index in [1.807, 2.05) is 26.8 Å². The molecule has 16 atom stereocenters. The van der Waals surface area contributed by atoms with Crippen LogP contribution in [-0.4, -0.2) is 108 Å². The molecule has 5 rings (SSSR count). The first-order valence-electron chi connectivity index (χ1n) is 17.7. The standard InChI is InChI=1S/C36H62O11/c1-31(2,47-44)14-9-15-35(7,43)20-12-16-33(5)19(20)10-11-23-34(33,6)17-13-22-32(3,4)29(27(41)28(42)36(22,23)8)46-30-26(40)25(39)24(38)21(18-37)45-30/h9,14,19-30,37-44H,10-13,15-18H2,1-8H3. The summed E-state index contributed by atoms with van der Waals surface area (Å²) < 4.78 is 11.9. The molecular weight excluding hydrogens is 608 g/mol. The van der Waals surface area contributed by atoms with Gasteiger partial charge in [-0.05, 0) is 106 Å². The van der Waals surface area contributed by atoms with Gasteiger partial charge >= 0.3 is 0 Å². The van der Waals surface area contributed by atoms with E-state index in [9.17, 15) is 41.0 Å². The molecule has 11 heteroatoms. The molecule has 4 aliphatic carbocycles. The monoisotopic (exact) mass is 670 g/mol. The van der Waals surface area contributed by atoms with Crippen LogP contribution in [0.15, 0.2) is 12.2 Å². The summed E-state index contributed by atoms with van der Waals surface area (Å²) >= 11 is 0. The minimum atomic E-state index is -1.61. The average molecular weight is 671 g/mol. The zero-order chi connectivity index (χ0) is 35.1. The minimum Gasteiger partial charge on any atom is -0.394 e. The van der Waals surface area contributed by atoms with E-state index in [0.29, 0.717) is 6.42 Å². The van der Waals surface area contributed by atoms with Crippen molar-refractivity contribution in [3.63, 3.8) is 0 Å². The molecule has 0 bridgehead atoms. The maximum absolute atomic E-state index is 12.1. The Bertz CT molecular complexity index is 1160. The summed E-state index contributed by atoms with van der Waals surface area (Å²) in [7, 11) is 0. The van der Waals surface area contributed by atoms with Gasteiger partial charge in [-0.25, -0.2) is 4.89 Å². The van der Waals surface area contributed by atoms with Crippen molar-refractivity contribution in [3.8, 4) is 0 Å². The van der Waals surface area contributed by atoms with Gasteiger partial charge in [0, 0.05) is 5.41 Å². The molecule has 0 aromatic heterocycles. The first-order chi connectivity index (χ1) is 21.6. The lowest BCUT2D eigenvalue weighted by Gasteiger charge is -2.71. The van der Waals surface area contributed by atoms with E-state index in [0.717, 1.165) is 38.5 Å². The Kier molecular flexibility index (Phi) is 10.00. The van der Waals surface area contributed by atoms with Crippen molar-refractivity contribution in [3.05, 3.63) is 12.2 Å². The van der Waals surface area contributed by atoms with Gasteiger partial charge in [0.05, 0.1) is 24.4 Å². The lowest BCUT2D eigenvalue weighted by Crippen LogP contribution is -2.73. The van der Waals surface area contributed by atoms with Crippen molar-refractivity contribution < 1.29 is 55.4 Å². The number of hydrogen-bond acceptors (Lipinski definition) is 11. The van der Waals surface area contributed by atoms with Crippen molar-refractivity contribution in [1.29, 1.82) is 0 Å². The zero-order valence-electron chi connectivity index (χ0n) is 29.5. The van der Waals surface area contributed by atoms with E-state index >= 15 is 0 Å². The fraction of sp³-hybridized carbons (Fsp3) is 0.944. The van der Waals surface area contributed by atoms with E-state index in [2.05, 4.69) is 25.7 Å². The lowest BCUT2D eigenvalue weighted by atomic mass is 9.34. The Balaban J connectivity index is 1.40. The highest BCUT2D eigenvalue weighted by Crippen LogP contribution is 2.76. The first-order valence-corrected chi connectivity index (χ1v) is 17.7. The van der Waals surface area contributed by atoms with Crippen molar-refractivity contribution in [2.45, 2.75) is 161 Å². The van der Waals surface area contributed by atoms with E-state index in [1.165, 1.54) is 0 Å². The Morgan fingerprint density at radius 1 is 0.809 bits per heavy atom. The van der Waals surface area contributed by atoms with Gasteiger partial charge in [0.1, 0.15) is 36.1 Å². The predicted molar refractivity (Wildman–Crippen MR) is 173 cm³/mol.